The second kappa shape index (κ2) is 8.82. The van der Waals surface area contributed by atoms with E-state index in [9.17, 15) is 13.2 Å². The van der Waals surface area contributed by atoms with Gasteiger partial charge in [-0.2, -0.15) is 0 Å². The lowest BCUT2D eigenvalue weighted by molar-refractivity contribution is 0.102. The van der Waals surface area contributed by atoms with Crippen LogP contribution < -0.4 is 10.0 Å². The lowest BCUT2D eigenvalue weighted by Gasteiger charge is -2.18. The van der Waals surface area contributed by atoms with Gasteiger partial charge in [0.05, 0.1) is 17.5 Å². The van der Waals surface area contributed by atoms with Crippen LogP contribution in [0.15, 0.2) is 48.5 Å². The van der Waals surface area contributed by atoms with Crippen LogP contribution in [0.5, 0.6) is 0 Å². The Balaban J connectivity index is 2.18. The minimum atomic E-state index is -3.47. The van der Waals surface area contributed by atoms with Crippen molar-refractivity contribution in [1.29, 1.82) is 0 Å². The zero-order chi connectivity index (χ0) is 19.2. The Kier molecular flexibility index (Phi) is 6.76. The van der Waals surface area contributed by atoms with Crippen LogP contribution in [0, 0.1) is 0 Å². The molecule has 140 valence electrons. The van der Waals surface area contributed by atoms with Crippen molar-refractivity contribution in [3.05, 3.63) is 59.7 Å². The van der Waals surface area contributed by atoms with Crippen LogP contribution in [-0.2, 0) is 16.6 Å². The molecule has 0 atom stereocenters. The highest BCUT2D eigenvalue weighted by Crippen LogP contribution is 2.19. The molecule has 2 aromatic carbocycles. The van der Waals surface area contributed by atoms with Crippen LogP contribution in [0.25, 0.3) is 0 Å². The number of para-hydroxylation sites is 1. The minimum Gasteiger partial charge on any atom is -0.322 e. The molecule has 0 saturated heterocycles. The number of sulfonamides is 1. The smallest absolute Gasteiger partial charge is 0.257 e. The van der Waals surface area contributed by atoms with Crippen molar-refractivity contribution in [2.24, 2.45) is 0 Å². The summed E-state index contributed by atoms with van der Waals surface area (Å²) in [5.74, 6) is -0.364. The largest absolute Gasteiger partial charge is 0.322 e. The molecule has 0 aromatic heterocycles. The van der Waals surface area contributed by atoms with Gasteiger partial charge in [0, 0.05) is 12.2 Å². The number of carbonyl (C=O) groups is 1. The fourth-order valence-corrected chi connectivity index (χ4v) is 3.20. The molecule has 2 aromatic rings. The van der Waals surface area contributed by atoms with E-state index >= 15 is 0 Å². The molecule has 0 fully saturated rings. The molecule has 0 radical (unpaired) electrons. The van der Waals surface area contributed by atoms with Crippen LogP contribution in [0.4, 0.5) is 11.4 Å². The van der Waals surface area contributed by atoms with Crippen LogP contribution >= 0.6 is 0 Å². The van der Waals surface area contributed by atoms with Crippen molar-refractivity contribution >= 4 is 27.3 Å². The summed E-state index contributed by atoms with van der Waals surface area (Å²) in [5, 5.41) is 2.84. The number of nitrogens with one attached hydrogen (secondary N) is 2. The average Bonchev–Trinajstić information content (AvgIpc) is 2.59. The molecular weight excluding hydrogens is 350 g/mol. The zero-order valence-corrected chi connectivity index (χ0v) is 16.1. The molecule has 0 bridgehead atoms. The lowest BCUT2D eigenvalue weighted by Crippen LogP contribution is -2.22. The third-order valence-electron chi connectivity index (χ3n) is 3.95. The van der Waals surface area contributed by atoms with Gasteiger partial charge in [0.1, 0.15) is 0 Å². The Hall–Kier alpha value is -2.38. The van der Waals surface area contributed by atoms with Gasteiger partial charge in [0.25, 0.3) is 5.91 Å². The molecule has 2 rings (SSSR count). The molecular formula is C19H25N3O3S. The quantitative estimate of drug-likeness (QED) is 0.743. The standard InChI is InChI=1S/C19H25N3O3S/c1-4-22(5-2)14-15-9-8-10-16(13-15)20-19(23)17-11-6-7-12-18(17)21-26(3,24)25/h6-13,21H,4-5,14H2,1-3H3,(H,20,23). The molecule has 0 saturated carbocycles. The summed E-state index contributed by atoms with van der Waals surface area (Å²) in [4.78, 5) is 14.9. The Morgan fingerprint density at radius 3 is 2.38 bits per heavy atom. The van der Waals surface area contributed by atoms with Crippen molar-refractivity contribution in [1.82, 2.24) is 4.90 Å². The van der Waals surface area contributed by atoms with E-state index in [0.717, 1.165) is 31.5 Å². The summed E-state index contributed by atoms with van der Waals surface area (Å²) in [6.45, 7) is 6.94. The van der Waals surface area contributed by atoms with E-state index < -0.39 is 10.0 Å². The van der Waals surface area contributed by atoms with Crippen molar-refractivity contribution in [2.45, 2.75) is 20.4 Å². The first-order chi connectivity index (χ1) is 12.3. The molecule has 1 amide bonds. The predicted octanol–water partition coefficient (Wildman–Crippen LogP) is 3.15. The van der Waals surface area contributed by atoms with E-state index in [1.165, 1.54) is 0 Å². The first-order valence-corrected chi connectivity index (χ1v) is 10.4. The van der Waals surface area contributed by atoms with E-state index in [4.69, 9.17) is 0 Å². The minimum absolute atomic E-state index is 0.256. The van der Waals surface area contributed by atoms with Gasteiger partial charge in [-0.05, 0) is 42.9 Å². The topological polar surface area (TPSA) is 78.5 Å². The molecule has 7 heteroatoms. The van der Waals surface area contributed by atoms with Crippen LogP contribution in [0.2, 0.25) is 0 Å². The Bertz CT molecular complexity index is 862. The van der Waals surface area contributed by atoms with Crippen molar-refractivity contribution in [2.75, 3.05) is 29.4 Å². The van der Waals surface area contributed by atoms with Crippen molar-refractivity contribution in [3.63, 3.8) is 0 Å². The van der Waals surface area contributed by atoms with Gasteiger partial charge in [-0.25, -0.2) is 8.42 Å². The van der Waals surface area contributed by atoms with Crippen LogP contribution in [0.1, 0.15) is 29.8 Å². The Morgan fingerprint density at radius 2 is 1.73 bits per heavy atom. The number of rotatable bonds is 8. The normalized spacial score (nSPS) is 11.4. The number of benzene rings is 2. The maximum atomic E-state index is 12.6. The first-order valence-electron chi connectivity index (χ1n) is 8.51. The van der Waals surface area contributed by atoms with E-state index in [1.54, 1.807) is 24.3 Å². The van der Waals surface area contributed by atoms with Gasteiger partial charge < -0.3 is 5.32 Å². The number of hydrogen-bond acceptors (Lipinski definition) is 4. The maximum absolute atomic E-state index is 12.6. The van der Waals surface area contributed by atoms with E-state index in [1.807, 2.05) is 24.3 Å². The molecule has 0 aliphatic heterocycles. The molecule has 6 nitrogen and oxygen atoms in total. The van der Waals surface area contributed by atoms with Crippen LogP contribution in [0.3, 0.4) is 0 Å². The molecule has 0 aliphatic carbocycles. The van der Waals surface area contributed by atoms with E-state index in [0.29, 0.717) is 5.69 Å². The lowest BCUT2D eigenvalue weighted by atomic mass is 10.1. The van der Waals surface area contributed by atoms with Crippen molar-refractivity contribution in [3.8, 4) is 0 Å². The van der Waals surface area contributed by atoms with Gasteiger partial charge in [0.2, 0.25) is 10.0 Å². The number of carbonyl (C=O) groups excluding carboxylic acids is 1. The second-order valence-electron chi connectivity index (χ2n) is 6.04. The SMILES string of the molecule is CCN(CC)Cc1cccc(NC(=O)c2ccccc2NS(C)(=O)=O)c1. The number of amides is 1. The molecule has 0 unspecified atom stereocenters. The highest BCUT2D eigenvalue weighted by Gasteiger charge is 2.14. The fourth-order valence-electron chi connectivity index (χ4n) is 2.62. The van der Waals surface area contributed by atoms with Crippen LogP contribution in [-0.4, -0.2) is 38.6 Å². The third-order valence-corrected chi connectivity index (χ3v) is 4.54. The number of anilines is 2. The zero-order valence-electron chi connectivity index (χ0n) is 15.3. The summed E-state index contributed by atoms with van der Waals surface area (Å²) in [5.41, 5.74) is 2.31. The molecule has 0 aliphatic rings. The van der Waals surface area contributed by atoms with Gasteiger partial charge in [0.15, 0.2) is 0 Å². The summed E-state index contributed by atoms with van der Waals surface area (Å²) >= 11 is 0. The number of nitrogens with zero attached hydrogens (tertiary/aromatic N) is 1. The summed E-state index contributed by atoms with van der Waals surface area (Å²) in [6, 6.07) is 14.2. The summed E-state index contributed by atoms with van der Waals surface area (Å²) in [6.07, 6.45) is 1.05. The third kappa shape index (κ3) is 5.86. The number of hydrogen-bond donors (Lipinski definition) is 2. The first kappa shape index (κ1) is 19.9. The monoisotopic (exact) mass is 375 g/mol. The molecule has 26 heavy (non-hydrogen) atoms. The second-order valence-corrected chi connectivity index (χ2v) is 7.78. The Labute approximate surface area is 155 Å². The van der Waals surface area contributed by atoms with E-state index in [2.05, 4.69) is 28.8 Å². The predicted molar refractivity (Wildman–Crippen MR) is 106 cm³/mol. The van der Waals surface area contributed by atoms with Gasteiger partial charge in [-0.3, -0.25) is 14.4 Å². The van der Waals surface area contributed by atoms with Crippen molar-refractivity contribution < 1.29 is 13.2 Å². The molecule has 0 spiro atoms. The Morgan fingerprint density at radius 1 is 1.04 bits per heavy atom. The van der Waals surface area contributed by atoms with E-state index in [-0.39, 0.29) is 17.2 Å². The molecule has 2 N–H and O–H groups in total. The highest BCUT2D eigenvalue weighted by molar-refractivity contribution is 7.92. The van der Waals surface area contributed by atoms with Gasteiger partial charge in [-0.1, -0.05) is 38.1 Å². The fraction of sp³-hybridized carbons (Fsp3) is 0.316. The highest BCUT2D eigenvalue weighted by atomic mass is 32.2. The summed E-state index contributed by atoms with van der Waals surface area (Å²) < 4.78 is 25.4. The average molecular weight is 375 g/mol. The van der Waals surface area contributed by atoms with Gasteiger partial charge >= 0.3 is 0 Å². The van der Waals surface area contributed by atoms with Gasteiger partial charge in [-0.15, -0.1) is 0 Å². The summed E-state index contributed by atoms with van der Waals surface area (Å²) in [7, 11) is -3.47. The molecule has 0 heterocycles. The maximum Gasteiger partial charge on any atom is 0.257 e.